The molecule has 3 aromatic heterocycles. The van der Waals surface area contributed by atoms with Gasteiger partial charge in [-0.3, -0.25) is 24.5 Å². The minimum absolute atomic E-state index is 0.00403. The number of nitrogens with zero attached hydrogens (tertiary/aromatic N) is 7. The molecule has 93 heavy (non-hydrogen) atoms. The highest BCUT2D eigenvalue weighted by Crippen LogP contribution is 2.45. The number of alkyl carbamates (subject to hydrolysis) is 1. The first-order chi connectivity index (χ1) is 44.1. The number of hydrazine groups is 1. The number of halogens is 1. The van der Waals surface area contributed by atoms with Crippen molar-refractivity contribution < 1.29 is 61.3 Å². The van der Waals surface area contributed by atoms with E-state index in [0.29, 0.717) is 84.0 Å². The van der Waals surface area contributed by atoms with E-state index in [1.807, 2.05) is 43.5 Å². The molecule has 5 aromatic rings. The lowest BCUT2D eigenvalue weighted by Crippen LogP contribution is -2.72. The number of carbonyl (C=O) groups excluding carboxylic acids is 4. The predicted molar refractivity (Wildman–Crippen MR) is 355 cm³/mol. The topological polar surface area (TPSA) is 223 Å². The van der Waals surface area contributed by atoms with Crippen molar-refractivity contribution in [1.82, 2.24) is 40.1 Å². The van der Waals surface area contributed by atoms with Crippen molar-refractivity contribution in [2.24, 2.45) is 11.3 Å². The average Bonchev–Trinajstić information content (AvgIpc) is 1.69. The molecule has 1 saturated carbocycles. The van der Waals surface area contributed by atoms with Crippen LogP contribution in [0.3, 0.4) is 0 Å². The molecule has 24 heteroatoms. The number of fused-ring (bicyclic) bond motifs is 3. The lowest BCUT2D eigenvalue weighted by atomic mass is 9.73. The molecule has 7 aliphatic rings. The highest BCUT2D eigenvalue weighted by molar-refractivity contribution is 9.10. The minimum atomic E-state index is -1.16. The monoisotopic (exact) mass is 1350 g/mol. The fraction of sp³-hybridized carbons (Fsp3) is 0.623. The quantitative estimate of drug-likeness (QED) is 0.0396. The number of hydrogen-bond donors (Lipinski definition) is 2. The summed E-state index contributed by atoms with van der Waals surface area (Å²) in [6, 6.07) is 15.4. The van der Waals surface area contributed by atoms with E-state index in [4.69, 9.17) is 47.1 Å². The molecule has 0 radical (unpaired) electrons. The Morgan fingerprint density at radius 2 is 1.61 bits per heavy atom. The number of carbonyl (C=O) groups is 4. The Kier molecular flexibility index (Phi) is 20.2. The van der Waals surface area contributed by atoms with E-state index >= 15 is 4.79 Å². The highest BCUT2D eigenvalue weighted by Gasteiger charge is 2.54. The van der Waals surface area contributed by atoms with Crippen molar-refractivity contribution >= 4 is 69.2 Å². The van der Waals surface area contributed by atoms with Gasteiger partial charge in [0, 0.05) is 96.7 Å². The van der Waals surface area contributed by atoms with Gasteiger partial charge in [-0.05, 0) is 155 Å². The molecule has 5 atom stereocenters. The third kappa shape index (κ3) is 15.4. The van der Waals surface area contributed by atoms with Crippen LogP contribution < -0.4 is 21.1 Å². The number of likely N-dealkylation sites (tertiary alicyclic amines) is 1. The van der Waals surface area contributed by atoms with Crippen molar-refractivity contribution in [1.29, 1.82) is 0 Å². The summed E-state index contributed by atoms with van der Waals surface area (Å²) in [5.41, 5.74) is 7.91. The maximum atomic E-state index is 15.3. The van der Waals surface area contributed by atoms with E-state index < -0.39 is 71.5 Å². The fourth-order valence-corrected chi connectivity index (χ4v) is 14.1. The molecule has 6 saturated heterocycles. The van der Waals surface area contributed by atoms with Gasteiger partial charge < -0.3 is 61.8 Å². The van der Waals surface area contributed by atoms with Crippen LogP contribution in [0.2, 0.25) is 0 Å². The van der Waals surface area contributed by atoms with Crippen LogP contribution in [0.15, 0.2) is 76.3 Å². The zero-order valence-corrected chi connectivity index (χ0v) is 58.1. The number of ether oxygens (including phenoxy) is 6. The number of methoxy groups -OCH3 is 1. The number of piperazine rings is 1. The van der Waals surface area contributed by atoms with E-state index in [2.05, 4.69) is 126 Å². The minimum Gasteiger partial charge on any atom is -0.464 e. The zero-order chi connectivity index (χ0) is 66.4. The van der Waals surface area contributed by atoms with Crippen molar-refractivity contribution in [3.8, 4) is 11.3 Å². The van der Waals surface area contributed by atoms with Gasteiger partial charge in [0.15, 0.2) is 0 Å². The number of anilines is 1. The molecule has 3 amide bonds. The molecule has 9 heterocycles. The van der Waals surface area contributed by atoms with Gasteiger partial charge in [0.1, 0.15) is 30.6 Å². The normalized spacial score (nSPS) is 23.1. The lowest BCUT2D eigenvalue weighted by molar-refractivity contribution is -0.171. The largest absolute Gasteiger partial charge is 0.494 e. The van der Waals surface area contributed by atoms with Crippen LogP contribution in [-0.4, -0.2) is 173 Å². The van der Waals surface area contributed by atoms with Crippen LogP contribution in [-0.2, 0) is 66.9 Å². The van der Waals surface area contributed by atoms with Gasteiger partial charge in [-0.1, -0.05) is 56.3 Å². The third-order valence-electron chi connectivity index (χ3n) is 19.6. The molecule has 6 aliphatic heterocycles. The average molecular weight is 1350 g/mol. The van der Waals surface area contributed by atoms with Gasteiger partial charge in [-0.15, -0.1) is 0 Å². The standard InChI is InChI=1S/C69H95BBrN9O13/c1-43(85-13)55-51(36-48(39-72-55)76-26-28-78(29-27-76)64(84)88-40-44-19-15-14-16-20-44)58-52(50-35-46(70-92-68(9,10)69(11,12)93-70)21-22-54(50)79(58)30-32-86-49-23-31-90-67(7,8)37-49)38-66(5,6)42-89-61(82)56-45-33-47(34-45)80(75-56)60(81)57(74-63(83)91-65(2,3)4)59(77-24-17-18-25-77)53-41-87-62(71)73-53/h14-16,19-22,35-36,39,41,43,45,47,49,56-57,59,75H,17-18,23-34,37-38,40,42H2,1-13H3,(H,74,83)/t43-,45?,47?,49-,56-,57-,59+/m0/s1. The summed E-state index contributed by atoms with van der Waals surface area (Å²) in [6.45, 7) is 29.1. The number of nitrogens with one attached hydrogen (secondary N) is 2. The third-order valence-corrected chi connectivity index (χ3v) is 20.0. The number of rotatable bonds is 21. The first kappa shape index (κ1) is 68.3. The lowest BCUT2D eigenvalue weighted by Gasteiger charge is -2.53. The van der Waals surface area contributed by atoms with Crippen LogP contribution in [0.5, 0.6) is 0 Å². The van der Waals surface area contributed by atoms with Crippen molar-refractivity contribution in [2.45, 2.75) is 200 Å². The number of hydrogen-bond acceptors (Lipinski definition) is 18. The molecule has 2 N–H and O–H groups in total. The molecule has 22 nitrogen and oxygen atoms in total. The second-order valence-corrected chi connectivity index (χ2v) is 30.1. The number of amides is 3. The van der Waals surface area contributed by atoms with Gasteiger partial charge in [0.05, 0.1) is 77.2 Å². The molecular weight excluding hydrogens is 1250 g/mol. The van der Waals surface area contributed by atoms with Crippen molar-refractivity contribution in [2.75, 3.05) is 71.1 Å². The molecule has 1 aliphatic carbocycles. The number of esters is 1. The number of aromatic nitrogens is 3. The van der Waals surface area contributed by atoms with Gasteiger partial charge >= 0.3 is 25.3 Å². The number of benzene rings is 2. The Bertz CT molecular complexity index is 3460. The van der Waals surface area contributed by atoms with E-state index in [1.54, 1.807) is 32.8 Å². The smallest absolute Gasteiger partial charge is 0.464 e. The summed E-state index contributed by atoms with van der Waals surface area (Å²) < 4.78 is 58.6. The molecule has 0 unspecified atom stereocenters. The predicted octanol–water partition coefficient (Wildman–Crippen LogP) is 10.2. The Labute approximate surface area is 555 Å². The first-order valence-corrected chi connectivity index (χ1v) is 34.0. The van der Waals surface area contributed by atoms with E-state index in [-0.39, 0.29) is 47.8 Å². The fourth-order valence-electron chi connectivity index (χ4n) is 13.8. The summed E-state index contributed by atoms with van der Waals surface area (Å²) >= 11 is 3.35. The first-order valence-electron chi connectivity index (χ1n) is 33.2. The van der Waals surface area contributed by atoms with Crippen molar-refractivity contribution in [3.63, 3.8) is 0 Å². The van der Waals surface area contributed by atoms with E-state index in [1.165, 1.54) is 11.3 Å². The second-order valence-electron chi connectivity index (χ2n) is 29.4. The van der Waals surface area contributed by atoms with Gasteiger partial charge in [0.2, 0.25) is 0 Å². The summed E-state index contributed by atoms with van der Waals surface area (Å²) in [5.74, 6) is -0.988. The van der Waals surface area contributed by atoms with Gasteiger partial charge in [0.25, 0.3) is 10.7 Å². The molecule has 2 bridgehead atoms. The molecular formula is C69H95BBrN9O13. The molecule has 7 fully saturated rings. The second kappa shape index (κ2) is 27.5. The Hall–Kier alpha value is -6.12. The summed E-state index contributed by atoms with van der Waals surface area (Å²) in [7, 11) is 1.03. The van der Waals surface area contributed by atoms with Gasteiger partial charge in [-0.25, -0.2) is 20.0 Å². The molecule has 2 aromatic carbocycles. The van der Waals surface area contributed by atoms with E-state index in [0.717, 1.165) is 75.8 Å². The van der Waals surface area contributed by atoms with Crippen LogP contribution in [0.25, 0.3) is 22.2 Å². The molecule has 0 spiro atoms. The highest BCUT2D eigenvalue weighted by atomic mass is 79.9. The Morgan fingerprint density at radius 1 is 0.903 bits per heavy atom. The maximum Gasteiger partial charge on any atom is 0.494 e. The van der Waals surface area contributed by atoms with Crippen LogP contribution in [0.4, 0.5) is 15.3 Å². The summed E-state index contributed by atoms with van der Waals surface area (Å²) in [4.78, 5) is 73.6. The molecule has 504 valence electrons. The van der Waals surface area contributed by atoms with Gasteiger partial charge in [-0.2, -0.15) is 0 Å². The Balaban J connectivity index is 0.920. The Morgan fingerprint density at radius 3 is 2.27 bits per heavy atom. The SMILES string of the molecule is CO[C@@H](C)c1ncc(N2CCN(C(=O)OCc3ccccc3)CC2)cc1-c1c(CC(C)(C)COC(=O)[C@H]2NN(C(=O)[C@@H](NC(=O)OC(C)(C)C)[C@@H](c3coc(Br)n3)N3CCCC3)C3CC2C3)c2cc(B3OC(C)(C)C(C)(C)O3)ccc2n1CCO[C@H]1CCOC(C)(C)C1. The zero-order valence-electron chi connectivity index (χ0n) is 56.5. The van der Waals surface area contributed by atoms with Crippen LogP contribution in [0.1, 0.15) is 156 Å². The number of pyridine rings is 1. The maximum absolute atomic E-state index is 15.3. The van der Waals surface area contributed by atoms with Crippen molar-refractivity contribution in [3.05, 3.63) is 94.4 Å². The van der Waals surface area contributed by atoms with E-state index in [9.17, 15) is 14.4 Å². The summed E-state index contributed by atoms with van der Waals surface area (Å²) in [6.07, 6.45) is 6.81. The summed E-state index contributed by atoms with van der Waals surface area (Å²) in [5, 5.41) is 5.43. The number of oxazole rings is 1. The molecule has 12 rings (SSSR count). The van der Waals surface area contributed by atoms with Crippen LogP contribution >= 0.6 is 15.9 Å². The van der Waals surface area contributed by atoms with Crippen LogP contribution in [0, 0.1) is 11.3 Å².